The molecular weight excluding hydrogens is 283 g/mol. The number of halogens is 2. The van der Waals surface area contributed by atoms with E-state index < -0.39 is 0 Å². The summed E-state index contributed by atoms with van der Waals surface area (Å²) in [7, 11) is 0. The molecule has 0 atom stereocenters. The van der Waals surface area contributed by atoms with Crippen LogP contribution < -0.4 is 0 Å². The molecule has 18 heavy (non-hydrogen) atoms. The van der Waals surface area contributed by atoms with Gasteiger partial charge in [0, 0.05) is 10.0 Å². The Hall–Kier alpha value is -0.890. The van der Waals surface area contributed by atoms with Crippen molar-refractivity contribution in [3.63, 3.8) is 0 Å². The molecule has 0 aromatic heterocycles. The third-order valence-corrected chi connectivity index (χ3v) is 4.20. The summed E-state index contributed by atoms with van der Waals surface area (Å²) in [6, 6.07) is 11.8. The van der Waals surface area contributed by atoms with Gasteiger partial charge in [-0.1, -0.05) is 47.6 Å². The number of rotatable bonds is 0. The standard InChI is InChI=1S/C15H10Cl2S/c16-11-3-5-13-9(7-11)1-2-10-8-12(17)4-6-14(10)15(13)18/h3-8H,1-2H2. The van der Waals surface area contributed by atoms with E-state index in [1.807, 2.05) is 36.4 Å². The first-order chi connectivity index (χ1) is 8.65. The quantitative estimate of drug-likeness (QED) is 0.625. The number of hydrogen-bond acceptors (Lipinski definition) is 1. The van der Waals surface area contributed by atoms with Crippen LogP contribution in [0.1, 0.15) is 22.3 Å². The molecule has 0 amide bonds. The van der Waals surface area contributed by atoms with Gasteiger partial charge in [-0.25, -0.2) is 0 Å². The first-order valence-electron chi connectivity index (χ1n) is 5.77. The molecule has 0 unspecified atom stereocenters. The molecule has 0 fully saturated rings. The molecule has 0 spiro atoms. The monoisotopic (exact) mass is 292 g/mol. The van der Waals surface area contributed by atoms with E-state index in [4.69, 9.17) is 35.4 Å². The van der Waals surface area contributed by atoms with E-state index in [2.05, 4.69) is 0 Å². The molecule has 2 aromatic carbocycles. The van der Waals surface area contributed by atoms with Crippen molar-refractivity contribution in [1.82, 2.24) is 0 Å². The Morgan fingerprint density at radius 2 is 1.22 bits per heavy atom. The lowest BCUT2D eigenvalue weighted by Gasteiger charge is -2.08. The Morgan fingerprint density at radius 3 is 1.67 bits per heavy atom. The molecule has 0 radical (unpaired) electrons. The molecule has 0 N–H and O–H groups in total. The largest absolute Gasteiger partial charge is 0.0843 e. The maximum absolute atomic E-state index is 6.05. The van der Waals surface area contributed by atoms with E-state index in [-0.39, 0.29) is 0 Å². The normalized spacial score (nSPS) is 13.8. The third kappa shape index (κ3) is 2.07. The summed E-state index contributed by atoms with van der Waals surface area (Å²) < 4.78 is 0. The molecule has 0 saturated carbocycles. The van der Waals surface area contributed by atoms with Gasteiger partial charge in [0.1, 0.15) is 0 Å². The van der Waals surface area contributed by atoms with Crippen molar-refractivity contribution in [3.8, 4) is 0 Å². The Bertz CT molecular complexity index is 591. The van der Waals surface area contributed by atoms with Crippen LogP contribution in [0.5, 0.6) is 0 Å². The van der Waals surface area contributed by atoms with Crippen LogP contribution >= 0.6 is 35.4 Å². The van der Waals surface area contributed by atoms with Gasteiger partial charge in [0.05, 0.1) is 4.86 Å². The Morgan fingerprint density at radius 1 is 0.778 bits per heavy atom. The van der Waals surface area contributed by atoms with E-state index in [0.29, 0.717) is 0 Å². The van der Waals surface area contributed by atoms with Gasteiger partial charge in [-0.05, 0) is 59.4 Å². The lowest BCUT2D eigenvalue weighted by molar-refractivity contribution is 0.965. The van der Waals surface area contributed by atoms with Crippen LogP contribution in [0.25, 0.3) is 0 Å². The second-order valence-corrected chi connectivity index (χ2v) is 5.71. The van der Waals surface area contributed by atoms with Crippen molar-refractivity contribution in [2.75, 3.05) is 0 Å². The molecule has 0 aliphatic heterocycles. The zero-order chi connectivity index (χ0) is 12.7. The third-order valence-electron chi connectivity index (χ3n) is 3.29. The number of thiocarbonyl (C=S) groups is 1. The van der Waals surface area contributed by atoms with Crippen molar-refractivity contribution in [3.05, 3.63) is 68.7 Å². The lowest BCUT2D eigenvalue weighted by Crippen LogP contribution is -2.02. The van der Waals surface area contributed by atoms with Gasteiger partial charge in [-0.15, -0.1) is 0 Å². The second-order valence-electron chi connectivity index (χ2n) is 4.43. The average Bonchev–Trinajstić information content (AvgIpc) is 2.47. The van der Waals surface area contributed by atoms with Crippen LogP contribution in [-0.4, -0.2) is 4.86 Å². The number of aryl methyl sites for hydroxylation is 2. The summed E-state index contributed by atoms with van der Waals surface area (Å²) >= 11 is 17.7. The first-order valence-corrected chi connectivity index (χ1v) is 6.93. The molecule has 1 aliphatic carbocycles. The van der Waals surface area contributed by atoms with Gasteiger partial charge in [-0.2, -0.15) is 0 Å². The summed E-state index contributed by atoms with van der Waals surface area (Å²) in [4.78, 5) is 0.894. The fraction of sp³-hybridized carbons (Fsp3) is 0.133. The topological polar surface area (TPSA) is 0 Å². The van der Waals surface area contributed by atoms with E-state index in [1.165, 1.54) is 11.1 Å². The highest BCUT2D eigenvalue weighted by Crippen LogP contribution is 2.28. The summed E-state index contributed by atoms with van der Waals surface area (Å²) in [5, 5.41) is 1.53. The number of benzene rings is 2. The van der Waals surface area contributed by atoms with Crippen molar-refractivity contribution >= 4 is 40.3 Å². The van der Waals surface area contributed by atoms with Crippen molar-refractivity contribution < 1.29 is 0 Å². The molecule has 0 saturated heterocycles. The minimum Gasteiger partial charge on any atom is -0.0843 e. The van der Waals surface area contributed by atoms with Crippen molar-refractivity contribution in [2.24, 2.45) is 0 Å². The highest BCUT2D eigenvalue weighted by molar-refractivity contribution is 7.81. The van der Waals surface area contributed by atoms with E-state index in [1.54, 1.807) is 0 Å². The van der Waals surface area contributed by atoms with Gasteiger partial charge < -0.3 is 0 Å². The fourth-order valence-corrected chi connectivity index (χ4v) is 3.18. The Kier molecular flexibility index (Phi) is 3.14. The zero-order valence-electron chi connectivity index (χ0n) is 9.54. The summed E-state index contributed by atoms with van der Waals surface area (Å²) in [6.45, 7) is 0. The van der Waals surface area contributed by atoms with Gasteiger partial charge in [0.2, 0.25) is 0 Å². The average molecular weight is 293 g/mol. The molecular formula is C15H10Cl2S. The maximum atomic E-state index is 6.05. The highest BCUT2D eigenvalue weighted by Gasteiger charge is 2.18. The predicted molar refractivity (Wildman–Crippen MR) is 81.1 cm³/mol. The Labute approximate surface area is 122 Å². The van der Waals surface area contributed by atoms with E-state index in [0.717, 1.165) is 38.9 Å². The minimum absolute atomic E-state index is 0.764. The van der Waals surface area contributed by atoms with Crippen LogP contribution in [0.3, 0.4) is 0 Å². The fourth-order valence-electron chi connectivity index (χ4n) is 2.40. The van der Waals surface area contributed by atoms with Gasteiger partial charge in [-0.3, -0.25) is 0 Å². The molecule has 0 heterocycles. The van der Waals surface area contributed by atoms with E-state index in [9.17, 15) is 0 Å². The maximum Gasteiger partial charge on any atom is 0.0527 e. The van der Waals surface area contributed by atoms with Crippen LogP contribution in [-0.2, 0) is 12.8 Å². The van der Waals surface area contributed by atoms with Crippen LogP contribution in [0, 0.1) is 0 Å². The van der Waals surface area contributed by atoms with Crippen molar-refractivity contribution in [1.29, 1.82) is 0 Å². The number of fused-ring (bicyclic) bond motifs is 2. The van der Waals surface area contributed by atoms with Gasteiger partial charge in [0.15, 0.2) is 0 Å². The summed E-state index contributed by atoms with van der Waals surface area (Å²) in [5.74, 6) is 0. The van der Waals surface area contributed by atoms with Crippen LogP contribution in [0.4, 0.5) is 0 Å². The minimum atomic E-state index is 0.764. The Balaban J connectivity index is 2.18. The molecule has 0 bridgehead atoms. The lowest BCUT2D eigenvalue weighted by atomic mass is 10.0. The molecule has 1 aliphatic rings. The van der Waals surface area contributed by atoms with E-state index >= 15 is 0 Å². The van der Waals surface area contributed by atoms with Crippen molar-refractivity contribution in [2.45, 2.75) is 12.8 Å². The van der Waals surface area contributed by atoms with Crippen LogP contribution in [0.15, 0.2) is 36.4 Å². The predicted octanol–water partition coefficient (Wildman–Crippen LogP) is 4.86. The second kappa shape index (κ2) is 4.65. The SMILES string of the molecule is S=C1c2ccc(Cl)cc2CCc2cc(Cl)ccc21. The molecule has 3 heteroatoms. The summed E-state index contributed by atoms with van der Waals surface area (Å²) in [5.41, 5.74) is 4.69. The smallest absolute Gasteiger partial charge is 0.0527 e. The van der Waals surface area contributed by atoms with Gasteiger partial charge >= 0.3 is 0 Å². The first kappa shape index (κ1) is 12.2. The molecule has 90 valence electrons. The molecule has 0 nitrogen and oxygen atoms in total. The summed E-state index contributed by atoms with van der Waals surface area (Å²) in [6.07, 6.45) is 1.90. The van der Waals surface area contributed by atoms with Crippen LogP contribution in [0.2, 0.25) is 10.0 Å². The molecule has 2 aromatic rings. The van der Waals surface area contributed by atoms with Gasteiger partial charge in [0.25, 0.3) is 0 Å². The number of hydrogen-bond donors (Lipinski definition) is 0. The molecule has 3 rings (SSSR count). The highest BCUT2D eigenvalue weighted by atomic mass is 35.5. The zero-order valence-corrected chi connectivity index (χ0v) is 11.9.